The molecule has 0 spiro atoms. The Hall–Kier alpha value is -2.67. The molecule has 1 aromatic carbocycles. The Morgan fingerprint density at radius 1 is 1.16 bits per heavy atom. The van der Waals surface area contributed by atoms with Gasteiger partial charge in [0.05, 0.1) is 11.2 Å². The molecule has 0 unspecified atom stereocenters. The van der Waals surface area contributed by atoms with E-state index in [2.05, 4.69) is 0 Å². The van der Waals surface area contributed by atoms with Gasteiger partial charge in [-0.15, -0.1) is 0 Å². The van der Waals surface area contributed by atoms with Crippen LogP contribution in [0.15, 0.2) is 35.9 Å². The molecule has 7 nitrogen and oxygen atoms in total. The second-order valence-corrected chi connectivity index (χ2v) is 9.30. The Morgan fingerprint density at radius 2 is 1.77 bits per heavy atom. The summed E-state index contributed by atoms with van der Waals surface area (Å²) in [6.07, 6.45) is 0.227. The van der Waals surface area contributed by atoms with Crippen LogP contribution in [-0.4, -0.2) is 45.7 Å². The van der Waals surface area contributed by atoms with Crippen molar-refractivity contribution in [3.63, 3.8) is 0 Å². The van der Waals surface area contributed by atoms with Gasteiger partial charge in [-0.2, -0.15) is 0 Å². The number of ether oxygens (including phenoxy) is 2. The van der Waals surface area contributed by atoms with Crippen molar-refractivity contribution in [3.8, 4) is 5.75 Å². The van der Waals surface area contributed by atoms with Crippen molar-refractivity contribution < 1.29 is 34.1 Å². The van der Waals surface area contributed by atoms with E-state index in [1.54, 1.807) is 13.0 Å². The van der Waals surface area contributed by atoms with E-state index >= 15 is 0 Å². The lowest BCUT2D eigenvalue weighted by molar-refractivity contribution is -0.154. The molecule has 7 heteroatoms. The number of hydrogen-bond acceptors (Lipinski definition) is 7. The fourth-order valence-electron chi connectivity index (χ4n) is 5.10. The lowest BCUT2D eigenvalue weighted by Crippen LogP contribution is -2.50. The van der Waals surface area contributed by atoms with Crippen molar-refractivity contribution in [2.75, 3.05) is 0 Å². The predicted octanol–water partition coefficient (Wildman–Crippen LogP) is 3.18. The van der Waals surface area contributed by atoms with E-state index in [0.717, 1.165) is 0 Å². The van der Waals surface area contributed by atoms with E-state index in [1.807, 2.05) is 20.8 Å². The SMILES string of the molecule is CC(=O)O[C@@H]1C[C@](O)(C(C)C)[C@H]2[C@@H](OC(=O)c3ccc(O)cc3)C=C(C)C(=O)C[C@@]12C. The summed E-state index contributed by atoms with van der Waals surface area (Å²) in [4.78, 5) is 37.5. The minimum absolute atomic E-state index is 0.0223. The van der Waals surface area contributed by atoms with Crippen molar-refractivity contribution in [1.29, 1.82) is 0 Å². The van der Waals surface area contributed by atoms with Gasteiger partial charge < -0.3 is 19.7 Å². The number of Topliss-reactive ketones (excluding diaryl/α,β-unsaturated/α-hetero) is 1. The number of carbonyl (C=O) groups excluding carboxylic acids is 3. The van der Waals surface area contributed by atoms with Crippen molar-refractivity contribution in [2.45, 2.75) is 65.3 Å². The zero-order valence-electron chi connectivity index (χ0n) is 18.5. The molecule has 3 rings (SSSR count). The van der Waals surface area contributed by atoms with E-state index in [1.165, 1.54) is 31.2 Å². The molecule has 0 saturated heterocycles. The first kappa shape index (κ1) is 23.0. The minimum Gasteiger partial charge on any atom is -0.508 e. The van der Waals surface area contributed by atoms with Gasteiger partial charge in [0.2, 0.25) is 0 Å². The van der Waals surface area contributed by atoms with E-state index in [4.69, 9.17) is 9.47 Å². The third-order valence-corrected chi connectivity index (χ3v) is 6.88. The van der Waals surface area contributed by atoms with E-state index in [0.29, 0.717) is 5.57 Å². The van der Waals surface area contributed by atoms with E-state index in [9.17, 15) is 24.6 Å². The maximum atomic E-state index is 12.9. The lowest BCUT2D eigenvalue weighted by Gasteiger charge is -2.42. The summed E-state index contributed by atoms with van der Waals surface area (Å²) in [6, 6.07) is 5.66. The summed E-state index contributed by atoms with van der Waals surface area (Å²) < 4.78 is 11.4. The molecule has 0 bridgehead atoms. The first-order valence-corrected chi connectivity index (χ1v) is 10.5. The van der Waals surface area contributed by atoms with Gasteiger partial charge >= 0.3 is 11.9 Å². The fourth-order valence-corrected chi connectivity index (χ4v) is 5.10. The number of ketones is 1. The molecule has 0 amide bonds. The van der Waals surface area contributed by atoms with Gasteiger partial charge in [0.25, 0.3) is 0 Å². The standard InChI is InChI=1S/C24H30O7/c1-13(2)24(29)12-20(30-15(4)25)23(5)11-18(27)14(3)10-19(21(23)24)31-22(28)16-6-8-17(26)9-7-16/h6-10,13,19-21,26,29H,11-12H2,1-5H3/t19-,20+,21-,23-,24-/m0/s1. The van der Waals surface area contributed by atoms with Crippen molar-refractivity contribution in [1.82, 2.24) is 0 Å². The third kappa shape index (κ3) is 4.11. The number of allylic oxidation sites excluding steroid dienone is 1. The van der Waals surface area contributed by atoms with Crippen LogP contribution in [0.25, 0.3) is 0 Å². The Kier molecular flexibility index (Phi) is 6.02. The molecule has 0 heterocycles. The highest BCUT2D eigenvalue weighted by Crippen LogP contribution is 2.58. The Balaban J connectivity index is 2.07. The van der Waals surface area contributed by atoms with Crippen LogP contribution in [0, 0.1) is 17.3 Å². The number of rotatable bonds is 4. The van der Waals surface area contributed by atoms with Crippen LogP contribution in [-0.2, 0) is 19.1 Å². The van der Waals surface area contributed by atoms with Gasteiger partial charge in [-0.05, 0) is 48.8 Å². The largest absolute Gasteiger partial charge is 0.508 e. The molecular weight excluding hydrogens is 400 g/mol. The summed E-state index contributed by atoms with van der Waals surface area (Å²) in [5, 5.41) is 21.2. The van der Waals surface area contributed by atoms with Crippen LogP contribution in [0.3, 0.4) is 0 Å². The fraction of sp³-hybridized carbons (Fsp3) is 0.542. The highest BCUT2D eigenvalue weighted by molar-refractivity contribution is 5.96. The Bertz CT molecular complexity index is 916. The molecule has 0 aromatic heterocycles. The average Bonchev–Trinajstić information content (AvgIpc) is 2.82. The molecule has 2 N–H and O–H groups in total. The van der Waals surface area contributed by atoms with Crippen LogP contribution in [0.5, 0.6) is 5.75 Å². The summed E-state index contributed by atoms with van der Waals surface area (Å²) in [7, 11) is 0. The number of aromatic hydroxyl groups is 1. The zero-order chi connectivity index (χ0) is 23.1. The monoisotopic (exact) mass is 430 g/mol. The first-order chi connectivity index (χ1) is 14.4. The topological polar surface area (TPSA) is 110 Å². The summed E-state index contributed by atoms with van der Waals surface area (Å²) >= 11 is 0. The number of phenols is 1. The van der Waals surface area contributed by atoms with Gasteiger partial charge in [0.1, 0.15) is 18.0 Å². The molecule has 2 aliphatic rings. The zero-order valence-corrected chi connectivity index (χ0v) is 18.5. The lowest BCUT2D eigenvalue weighted by atomic mass is 9.67. The van der Waals surface area contributed by atoms with Crippen LogP contribution in [0.2, 0.25) is 0 Å². The molecule has 168 valence electrons. The van der Waals surface area contributed by atoms with Crippen molar-refractivity contribution in [3.05, 3.63) is 41.5 Å². The second kappa shape index (κ2) is 8.11. The number of fused-ring (bicyclic) bond motifs is 1. The molecular formula is C24H30O7. The van der Waals surface area contributed by atoms with E-state index in [-0.39, 0.29) is 35.9 Å². The quantitative estimate of drug-likeness (QED) is 0.706. The number of benzene rings is 1. The summed E-state index contributed by atoms with van der Waals surface area (Å²) in [5.41, 5.74) is -1.57. The Labute approximate surface area is 182 Å². The summed E-state index contributed by atoms with van der Waals surface area (Å²) in [6.45, 7) is 8.49. The highest BCUT2D eigenvalue weighted by Gasteiger charge is 2.66. The van der Waals surface area contributed by atoms with Gasteiger partial charge in [0, 0.05) is 31.1 Å². The number of esters is 2. The maximum Gasteiger partial charge on any atom is 0.338 e. The second-order valence-electron chi connectivity index (χ2n) is 9.30. The van der Waals surface area contributed by atoms with Crippen LogP contribution < -0.4 is 0 Å². The van der Waals surface area contributed by atoms with Crippen LogP contribution in [0.4, 0.5) is 0 Å². The number of aliphatic hydroxyl groups is 1. The molecule has 0 radical (unpaired) electrons. The van der Waals surface area contributed by atoms with Gasteiger partial charge in [0.15, 0.2) is 5.78 Å². The van der Waals surface area contributed by atoms with Crippen LogP contribution in [0.1, 0.15) is 57.8 Å². The number of carbonyl (C=O) groups is 3. The normalized spacial score (nSPS) is 32.8. The predicted molar refractivity (Wildman–Crippen MR) is 112 cm³/mol. The van der Waals surface area contributed by atoms with Gasteiger partial charge in [-0.1, -0.05) is 20.8 Å². The average molecular weight is 430 g/mol. The molecule has 2 aliphatic carbocycles. The third-order valence-electron chi connectivity index (χ3n) is 6.88. The molecule has 0 aliphatic heterocycles. The molecule has 1 fully saturated rings. The number of phenolic OH excluding ortho intramolecular Hbond substituents is 1. The maximum absolute atomic E-state index is 12.9. The number of hydrogen-bond donors (Lipinski definition) is 2. The smallest absolute Gasteiger partial charge is 0.338 e. The minimum atomic E-state index is -1.32. The first-order valence-electron chi connectivity index (χ1n) is 10.5. The Morgan fingerprint density at radius 3 is 2.32 bits per heavy atom. The van der Waals surface area contributed by atoms with E-state index < -0.39 is 41.1 Å². The molecule has 1 aromatic rings. The van der Waals surface area contributed by atoms with Gasteiger partial charge in [-0.3, -0.25) is 9.59 Å². The molecule has 31 heavy (non-hydrogen) atoms. The van der Waals surface area contributed by atoms with Crippen molar-refractivity contribution >= 4 is 17.7 Å². The summed E-state index contributed by atoms with van der Waals surface area (Å²) in [5.74, 6) is -2.14. The highest BCUT2D eigenvalue weighted by atomic mass is 16.6. The van der Waals surface area contributed by atoms with Crippen LogP contribution >= 0.6 is 0 Å². The van der Waals surface area contributed by atoms with Gasteiger partial charge in [-0.25, -0.2) is 4.79 Å². The molecule has 5 atom stereocenters. The molecule has 1 saturated carbocycles. The van der Waals surface area contributed by atoms with Crippen molar-refractivity contribution in [2.24, 2.45) is 17.3 Å².